The van der Waals surface area contributed by atoms with Crippen LogP contribution in [0, 0.1) is 0 Å². The van der Waals surface area contributed by atoms with Crippen LogP contribution in [0.4, 0.5) is 0 Å². The lowest BCUT2D eigenvalue weighted by atomic mass is 10.2. The normalized spacial score (nSPS) is 11.8. The Kier molecular flexibility index (Phi) is 5.09. The van der Waals surface area contributed by atoms with Gasteiger partial charge >= 0.3 is 5.97 Å². The molecule has 0 amide bonds. The second kappa shape index (κ2) is 6.36. The SMILES string of the molecule is CC(=O)O/C(Cl)=C/C=C/c1ccc(Cl)cc1. The lowest BCUT2D eigenvalue weighted by Crippen LogP contribution is -1.93. The van der Waals surface area contributed by atoms with E-state index in [0.717, 1.165) is 5.56 Å². The van der Waals surface area contributed by atoms with E-state index in [0.29, 0.717) is 5.02 Å². The molecule has 0 spiro atoms. The van der Waals surface area contributed by atoms with E-state index >= 15 is 0 Å². The molecule has 2 nitrogen and oxygen atoms in total. The predicted octanol–water partition coefficient (Wildman–Crippen LogP) is 4.00. The van der Waals surface area contributed by atoms with E-state index in [-0.39, 0.29) is 5.22 Å². The summed E-state index contributed by atoms with van der Waals surface area (Å²) in [6.07, 6.45) is 5.01. The molecule has 1 aromatic carbocycles. The minimum Gasteiger partial charge on any atom is -0.414 e. The molecule has 0 saturated heterocycles. The molecule has 4 heteroatoms. The van der Waals surface area contributed by atoms with E-state index in [1.807, 2.05) is 18.2 Å². The van der Waals surface area contributed by atoms with Crippen LogP contribution in [0.15, 0.2) is 41.6 Å². The van der Waals surface area contributed by atoms with Crippen LogP contribution in [-0.4, -0.2) is 5.97 Å². The zero-order chi connectivity index (χ0) is 12.0. The van der Waals surface area contributed by atoms with Gasteiger partial charge < -0.3 is 4.74 Å². The number of carbonyl (C=O) groups is 1. The summed E-state index contributed by atoms with van der Waals surface area (Å²) in [5.74, 6) is -0.443. The van der Waals surface area contributed by atoms with E-state index in [2.05, 4.69) is 4.74 Å². The molecule has 0 aliphatic carbocycles. The summed E-state index contributed by atoms with van der Waals surface area (Å²) in [6.45, 7) is 1.29. The van der Waals surface area contributed by atoms with E-state index < -0.39 is 5.97 Å². The second-order valence-electron chi connectivity index (χ2n) is 2.98. The van der Waals surface area contributed by atoms with Crippen LogP contribution in [0.25, 0.3) is 6.08 Å². The average Bonchev–Trinajstić information content (AvgIpc) is 2.20. The molecular formula is C12H10Cl2O2. The van der Waals surface area contributed by atoms with Gasteiger partial charge in [-0.05, 0) is 35.4 Å². The second-order valence-corrected chi connectivity index (χ2v) is 3.78. The van der Waals surface area contributed by atoms with Crippen LogP contribution in [0.3, 0.4) is 0 Å². The summed E-state index contributed by atoms with van der Waals surface area (Å²) < 4.78 is 4.62. The third kappa shape index (κ3) is 5.01. The van der Waals surface area contributed by atoms with Crippen molar-refractivity contribution in [1.29, 1.82) is 0 Å². The van der Waals surface area contributed by atoms with Crippen LogP contribution in [0.5, 0.6) is 0 Å². The van der Waals surface area contributed by atoms with Crippen molar-refractivity contribution in [3.8, 4) is 0 Å². The number of rotatable bonds is 3. The summed E-state index contributed by atoms with van der Waals surface area (Å²) >= 11 is 11.4. The number of carbonyl (C=O) groups excluding carboxylic acids is 1. The highest BCUT2D eigenvalue weighted by molar-refractivity contribution is 6.30. The van der Waals surface area contributed by atoms with Gasteiger partial charge in [0, 0.05) is 11.9 Å². The maximum Gasteiger partial charge on any atom is 0.308 e. The first-order valence-electron chi connectivity index (χ1n) is 4.56. The van der Waals surface area contributed by atoms with Gasteiger partial charge in [0.25, 0.3) is 0 Å². The Balaban J connectivity index is 2.60. The molecule has 0 unspecified atom stereocenters. The molecule has 0 heterocycles. The smallest absolute Gasteiger partial charge is 0.308 e. The first-order chi connectivity index (χ1) is 7.58. The Morgan fingerprint density at radius 2 is 1.94 bits per heavy atom. The number of allylic oxidation sites excluding steroid dienone is 2. The van der Waals surface area contributed by atoms with Gasteiger partial charge in [-0.15, -0.1) is 0 Å². The van der Waals surface area contributed by atoms with E-state index in [9.17, 15) is 4.79 Å². The molecule has 0 aliphatic heterocycles. The largest absolute Gasteiger partial charge is 0.414 e. The van der Waals surface area contributed by atoms with Crippen molar-refractivity contribution in [2.75, 3.05) is 0 Å². The van der Waals surface area contributed by atoms with Gasteiger partial charge in [-0.2, -0.15) is 0 Å². The Morgan fingerprint density at radius 1 is 1.31 bits per heavy atom. The van der Waals surface area contributed by atoms with Crippen LogP contribution in [0.2, 0.25) is 5.02 Å². The van der Waals surface area contributed by atoms with Crippen molar-refractivity contribution in [2.45, 2.75) is 6.92 Å². The molecule has 0 atom stereocenters. The molecule has 0 saturated carbocycles. The summed E-state index contributed by atoms with van der Waals surface area (Å²) in [7, 11) is 0. The predicted molar refractivity (Wildman–Crippen MR) is 66.2 cm³/mol. The van der Waals surface area contributed by atoms with Crippen molar-refractivity contribution >= 4 is 35.2 Å². The highest BCUT2D eigenvalue weighted by atomic mass is 35.5. The van der Waals surface area contributed by atoms with Gasteiger partial charge in [0.15, 0.2) is 5.22 Å². The lowest BCUT2D eigenvalue weighted by molar-refractivity contribution is -0.135. The Morgan fingerprint density at radius 3 is 2.50 bits per heavy atom. The molecule has 84 valence electrons. The van der Waals surface area contributed by atoms with Crippen molar-refractivity contribution in [3.05, 3.63) is 52.2 Å². The molecule has 0 aliphatic rings. The standard InChI is InChI=1S/C12H10Cl2O2/c1-9(15)16-12(14)4-2-3-10-5-7-11(13)8-6-10/h2-8H,1H3/b3-2+,12-4+. The molecule has 0 aromatic heterocycles. The minimum atomic E-state index is -0.443. The quantitative estimate of drug-likeness (QED) is 0.464. The Hall–Kier alpha value is -1.25. The number of halogens is 2. The van der Waals surface area contributed by atoms with E-state index in [4.69, 9.17) is 23.2 Å². The summed E-state index contributed by atoms with van der Waals surface area (Å²) in [4.78, 5) is 10.5. The van der Waals surface area contributed by atoms with Crippen molar-refractivity contribution in [3.63, 3.8) is 0 Å². The van der Waals surface area contributed by atoms with Crippen molar-refractivity contribution < 1.29 is 9.53 Å². The molecule has 0 N–H and O–H groups in total. The van der Waals surface area contributed by atoms with Crippen LogP contribution < -0.4 is 0 Å². The van der Waals surface area contributed by atoms with E-state index in [1.54, 1.807) is 18.2 Å². The van der Waals surface area contributed by atoms with Gasteiger partial charge in [0.2, 0.25) is 0 Å². The molecule has 1 rings (SSSR count). The summed E-state index contributed by atoms with van der Waals surface area (Å²) in [5, 5.41) is 0.725. The fourth-order valence-corrected chi connectivity index (χ4v) is 1.29. The number of hydrogen-bond donors (Lipinski definition) is 0. The summed E-state index contributed by atoms with van der Waals surface area (Å²) in [5.41, 5.74) is 0.980. The topological polar surface area (TPSA) is 26.3 Å². The number of benzene rings is 1. The van der Waals surface area contributed by atoms with Crippen LogP contribution in [0.1, 0.15) is 12.5 Å². The molecule has 0 fully saturated rings. The molecule has 0 bridgehead atoms. The highest BCUT2D eigenvalue weighted by Gasteiger charge is 1.94. The maximum atomic E-state index is 10.5. The van der Waals surface area contributed by atoms with Gasteiger partial charge in [0.1, 0.15) is 0 Å². The highest BCUT2D eigenvalue weighted by Crippen LogP contribution is 2.11. The molecule has 0 radical (unpaired) electrons. The lowest BCUT2D eigenvalue weighted by Gasteiger charge is -1.95. The average molecular weight is 257 g/mol. The van der Waals surface area contributed by atoms with Gasteiger partial charge in [0.05, 0.1) is 0 Å². The molecular weight excluding hydrogens is 247 g/mol. The molecule has 1 aromatic rings. The zero-order valence-electron chi connectivity index (χ0n) is 8.61. The fourth-order valence-electron chi connectivity index (χ4n) is 0.980. The Labute approximate surface area is 104 Å². The monoisotopic (exact) mass is 256 g/mol. The van der Waals surface area contributed by atoms with Crippen molar-refractivity contribution in [1.82, 2.24) is 0 Å². The zero-order valence-corrected chi connectivity index (χ0v) is 10.1. The van der Waals surface area contributed by atoms with Gasteiger partial charge in [-0.25, -0.2) is 0 Å². The molecule has 16 heavy (non-hydrogen) atoms. The van der Waals surface area contributed by atoms with Crippen molar-refractivity contribution in [2.24, 2.45) is 0 Å². The third-order valence-corrected chi connectivity index (χ3v) is 2.08. The number of hydrogen-bond acceptors (Lipinski definition) is 2. The Bertz CT molecular complexity index is 419. The third-order valence-electron chi connectivity index (χ3n) is 1.63. The van der Waals surface area contributed by atoms with Crippen LogP contribution in [-0.2, 0) is 9.53 Å². The maximum absolute atomic E-state index is 10.5. The van der Waals surface area contributed by atoms with Crippen LogP contribution >= 0.6 is 23.2 Å². The number of ether oxygens (including phenoxy) is 1. The fraction of sp³-hybridized carbons (Fsp3) is 0.0833. The first kappa shape index (κ1) is 12.8. The summed E-state index contributed by atoms with van der Waals surface area (Å²) in [6, 6.07) is 7.32. The first-order valence-corrected chi connectivity index (χ1v) is 5.31. The number of esters is 1. The van der Waals surface area contributed by atoms with E-state index in [1.165, 1.54) is 13.0 Å². The van der Waals surface area contributed by atoms with Gasteiger partial charge in [-0.1, -0.05) is 35.9 Å². The van der Waals surface area contributed by atoms with Gasteiger partial charge in [-0.3, -0.25) is 4.79 Å². The minimum absolute atomic E-state index is 0.0395.